The lowest BCUT2D eigenvalue weighted by Crippen LogP contribution is -2.50. The molecule has 0 spiro atoms. The molecule has 0 saturated heterocycles. The number of allylic oxidation sites excluding steroid dienone is 3. The summed E-state index contributed by atoms with van der Waals surface area (Å²) in [4.78, 5) is 79.6. The quantitative estimate of drug-likeness (QED) is 0.0269. The summed E-state index contributed by atoms with van der Waals surface area (Å²) < 4.78 is 79.0. The minimum Gasteiger partial charge on any atom is -0.481 e. The van der Waals surface area contributed by atoms with Gasteiger partial charge in [0.1, 0.15) is 19.3 Å². The predicted octanol–water partition coefficient (Wildman–Crippen LogP) is 7.11. The van der Waals surface area contributed by atoms with E-state index in [-0.39, 0.29) is 32.8 Å². The third kappa shape index (κ3) is 32.9. The number of rotatable bonds is 24. The number of ether oxygens (including phenoxy) is 4. The number of amides is 2. The van der Waals surface area contributed by atoms with E-state index in [1.54, 1.807) is 73.7 Å². The first kappa shape index (κ1) is 62.4. The number of halogens is 3. The molecule has 0 aliphatic carbocycles. The second-order valence-electron chi connectivity index (χ2n) is 13.2. The molecule has 2 aromatic carbocycles. The zero-order chi connectivity index (χ0) is 50.7. The molecule has 4 N–H and O–H groups in total. The van der Waals surface area contributed by atoms with Gasteiger partial charge in [-0.1, -0.05) is 92.7 Å². The van der Waals surface area contributed by atoms with Crippen molar-refractivity contribution in [2.24, 2.45) is 0 Å². The van der Waals surface area contributed by atoms with Gasteiger partial charge < -0.3 is 48.8 Å². The maximum absolute atomic E-state index is 14.3. The van der Waals surface area contributed by atoms with E-state index >= 15 is 0 Å². The summed E-state index contributed by atoms with van der Waals surface area (Å²) in [6, 6.07) is 17.6. The number of carbonyl (C=O) groups is 7. The Morgan fingerprint density at radius 2 is 1.30 bits per heavy atom. The largest absolute Gasteiger partial charge is 0.481 e. The molecule has 0 aliphatic heterocycles. The predicted molar refractivity (Wildman–Crippen MR) is 235 cm³/mol. The number of carboxylic acids is 2. The molecule has 0 bridgehead atoms. The van der Waals surface area contributed by atoms with Crippen molar-refractivity contribution in [1.82, 2.24) is 10.6 Å². The molecule has 2 rings (SSSR count). The van der Waals surface area contributed by atoms with Gasteiger partial charge in [-0.15, -0.1) is 0 Å². The van der Waals surface area contributed by atoms with Crippen molar-refractivity contribution in [3.8, 4) is 0 Å². The number of benzene rings is 2. The number of carbonyl (C=O) groups excluding carboxylic acids is 5. The van der Waals surface area contributed by atoms with Crippen molar-refractivity contribution in [2.75, 3.05) is 26.3 Å². The third-order valence-electron chi connectivity index (χ3n) is 7.13. The number of hydrogen-bond donors (Lipinski definition) is 4. The Hall–Kier alpha value is -5.73. The van der Waals surface area contributed by atoms with Crippen molar-refractivity contribution in [2.45, 2.75) is 113 Å². The van der Waals surface area contributed by atoms with Crippen LogP contribution in [0.5, 0.6) is 0 Å². The minimum absolute atomic E-state index is 0.0257. The zero-order valence-corrected chi connectivity index (χ0v) is 39.4. The standard InChI is InChI=1S/C38H48F3N2O12P.2C2H4O2.C2H6/c1-6-7-14-27(2)23-51-56(52-25-32-17-12-9-13-18-32)55-37(36(48)50-24-31-15-10-8-11-16-31,19-20-42-34(46)22-43-35(47)38(39,40)41)54-28(3)21-33(53-30(5)45)26-49-29(4)44;2*1-2(3)4;1-2/h6-18,28,33H,19-26H2,1-5H3,(H,42,46)(H,43,47);2*1H3,(H,3,4);1-2H3/b7-6-,27-14+;;;. The number of esters is 3. The molecule has 0 fully saturated rings. The van der Waals surface area contributed by atoms with Gasteiger partial charge in [0.2, 0.25) is 5.91 Å². The van der Waals surface area contributed by atoms with Gasteiger partial charge in [0.15, 0.2) is 0 Å². The normalized spacial score (nSPS) is 13.2. The van der Waals surface area contributed by atoms with E-state index in [0.717, 1.165) is 31.9 Å². The molecule has 0 saturated carbocycles. The Balaban J connectivity index is 0. The van der Waals surface area contributed by atoms with E-state index < -0.39 is 93.9 Å². The van der Waals surface area contributed by atoms with E-state index in [4.69, 9.17) is 52.3 Å². The van der Waals surface area contributed by atoms with Gasteiger partial charge in [-0.3, -0.25) is 33.3 Å². The SMILES string of the molecule is C/C=C\C=C(/C)COP(OCc1ccccc1)OC(CCNC(=O)CNC(=O)C(F)(F)F)(OC(C)CC(COC(C)=O)OC(C)=O)C(=O)OCc1ccccc1.CC.CC(=O)O.CC(=O)O. The molecule has 0 aliphatic rings. The van der Waals surface area contributed by atoms with Gasteiger partial charge in [-0.25, -0.2) is 4.79 Å². The number of aliphatic carboxylic acids is 2. The lowest BCUT2D eigenvalue weighted by Gasteiger charge is -2.36. The number of carboxylic acid groups (broad SMARTS) is 2. The van der Waals surface area contributed by atoms with E-state index in [9.17, 15) is 37.1 Å². The molecule has 4 atom stereocenters. The van der Waals surface area contributed by atoms with Crippen LogP contribution in [0.2, 0.25) is 0 Å². The average Bonchev–Trinajstić information content (AvgIpc) is 3.24. The molecule has 370 valence electrons. The summed E-state index contributed by atoms with van der Waals surface area (Å²) >= 11 is 0. The minimum atomic E-state index is -5.22. The number of alkyl halides is 3. The molecule has 2 aromatic rings. The zero-order valence-electron chi connectivity index (χ0n) is 38.5. The van der Waals surface area contributed by atoms with Crippen LogP contribution in [0.15, 0.2) is 84.5 Å². The van der Waals surface area contributed by atoms with Crippen LogP contribution in [0.1, 0.15) is 86.3 Å². The van der Waals surface area contributed by atoms with Crippen LogP contribution in [0.3, 0.4) is 0 Å². The second kappa shape index (κ2) is 35.5. The third-order valence-corrected chi connectivity index (χ3v) is 8.25. The van der Waals surface area contributed by atoms with Gasteiger partial charge in [0.05, 0.1) is 25.9 Å². The summed E-state index contributed by atoms with van der Waals surface area (Å²) in [6.45, 7) is 11.5. The number of nitrogens with one attached hydrogen (secondary N) is 2. The van der Waals surface area contributed by atoms with Crippen LogP contribution >= 0.6 is 8.60 Å². The second-order valence-corrected chi connectivity index (χ2v) is 14.4. The molecule has 4 unspecified atom stereocenters. The molecule has 22 heteroatoms. The van der Waals surface area contributed by atoms with E-state index in [2.05, 4.69) is 5.32 Å². The van der Waals surface area contributed by atoms with Gasteiger partial charge in [0, 0.05) is 47.1 Å². The first-order valence-corrected chi connectivity index (χ1v) is 21.4. The van der Waals surface area contributed by atoms with Crippen molar-refractivity contribution in [3.63, 3.8) is 0 Å². The summed E-state index contributed by atoms with van der Waals surface area (Å²) in [5.41, 5.74) is 2.07. The van der Waals surface area contributed by atoms with Gasteiger partial charge >= 0.3 is 38.6 Å². The molecule has 66 heavy (non-hydrogen) atoms. The average molecular weight is 963 g/mol. The summed E-state index contributed by atoms with van der Waals surface area (Å²) in [6.07, 6.45) is -2.58. The summed E-state index contributed by atoms with van der Waals surface area (Å²) in [5.74, 6) is -9.90. The molecule has 0 radical (unpaired) electrons. The van der Waals surface area contributed by atoms with Gasteiger partial charge in [0.25, 0.3) is 17.7 Å². The highest BCUT2D eigenvalue weighted by Gasteiger charge is 2.48. The lowest BCUT2D eigenvalue weighted by molar-refractivity contribution is -0.239. The highest BCUT2D eigenvalue weighted by atomic mass is 31.2. The smallest absolute Gasteiger partial charge is 0.471 e. The Labute approximate surface area is 384 Å². The fourth-order valence-electron chi connectivity index (χ4n) is 4.55. The highest BCUT2D eigenvalue weighted by Crippen LogP contribution is 2.47. The first-order valence-electron chi connectivity index (χ1n) is 20.3. The van der Waals surface area contributed by atoms with E-state index in [1.165, 1.54) is 19.2 Å². The molecular weight excluding hydrogens is 900 g/mol. The maximum atomic E-state index is 14.3. The maximum Gasteiger partial charge on any atom is 0.471 e. The Bertz CT molecular complexity index is 1800. The molecule has 0 heterocycles. The van der Waals surface area contributed by atoms with Crippen LogP contribution in [-0.2, 0) is 79.3 Å². The molecule has 2 amide bonds. The van der Waals surface area contributed by atoms with Crippen molar-refractivity contribution >= 4 is 50.3 Å². The van der Waals surface area contributed by atoms with Crippen molar-refractivity contribution in [1.29, 1.82) is 0 Å². The summed E-state index contributed by atoms with van der Waals surface area (Å²) in [7, 11) is -2.50. The van der Waals surface area contributed by atoms with E-state index in [1.807, 2.05) is 32.9 Å². The van der Waals surface area contributed by atoms with Gasteiger partial charge in [-0.2, -0.15) is 13.2 Å². The highest BCUT2D eigenvalue weighted by molar-refractivity contribution is 7.41. The summed E-state index contributed by atoms with van der Waals surface area (Å²) in [5, 5.41) is 18.6. The fourth-order valence-corrected chi connectivity index (χ4v) is 5.74. The molecule has 0 aromatic heterocycles. The first-order chi connectivity index (χ1) is 31.0. The monoisotopic (exact) mass is 962 g/mol. The van der Waals surface area contributed by atoms with Crippen LogP contribution in [0, 0.1) is 0 Å². The van der Waals surface area contributed by atoms with Crippen LogP contribution in [-0.4, -0.2) is 102 Å². The Kier molecular flexibility index (Phi) is 33.6. The van der Waals surface area contributed by atoms with Crippen molar-refractivity contribution in [3.05, 3.63) is 95.6 Å². The lowest BCUT2D eigenvalue weighted by atomic mass is 10.1. The fraction of sp³-hybridized carbons (Fsp3) is 0.477. The van der Waals surface area contributed by atoms with Gasteiger partial charge in [-0.05, 0) is 37.5 Å². The Morgan fingerprint density at radius 1 is 0.773 bits per heavy atom. The topological polar surface area (TPSA) is 249 Å². The Morgan fingerprint density at radius 3 is 1.79 bits per heavy atom. The van der Waals surface area contributed by atoms with Crippen LogP contribution in [0.25, 0.3) is 0 Å². The molecular formula is C44H62F3N2O16P. The molecule has 18 nitrogen and oxygen atoms in total. The van der Waals surface area contributed by atoms with Crippen LogP contribution < -0.4 is 10.6 Å². The van der Waals surface area contributed by atoms with Crippen molar-refractivity contribution < 1.29 is 89.5 Å². The number of hydrogen-bond acceptors (Lipinski definition) is 14. The van der Waals surface area contributed by atoms with E-state index in [0.29, 0.717) is 5.56 Å². The van der Waals surface area contributed by atoms with Crippen LogP contribution in [0.4, 0.5) is 13.2 Å².